The maximum atomic E-state index is 12.2. The molecular weight excluding hydrogens is 312 g/mol. The van der Waals surface area contributed by atoms with Gasteiger partial charge in [-0.2, -0.15) is 5.10 Å². The molecule has 1 aromatic heterocycles. The monoisotopic (exact) mass is 334 g/mol. The molecule has 1 amide bonds. The third-order valence-corrected chi connectivity index (χ3v) is 4.13. The smallest absolute Gasteiger partial charge is 0.238 e. The second-order valence-electron chi connectivity index (χ2n) is 5.98. The molecule has 1 heterocycles. The van der Waals surface area contributed by atoms with Crippen molar-refractivity contribution in [3.8, 4) is 0 Å². The molecule has 0 aliphatic carbocycles. The van der Waals surface area contributed by atoms with Gasteiger partial charge in [0.2, 0.25) is 5.91 Å². The molecule has 1 atom stereocenters. The van der Waals surface area contributed by atoms with Crippen molar-refractivity contribution in [1.29, 1.82) is 0 Å². The summed E-state index contributed by atoms with van der Waals surface area (Å²) in [7, 11) is 0. The predicted molar refractivity (Wildman–Crippen MR) is 93.7 cm³/mol. The van der Waals surface area contributed by atoms with Gasteiger partial charge < -0.3 is 10.6 Å². The molecule has 0 aliphatic heterocycles. The van der Waals surface area contributed by atoms with Gasteiger partial charge in [0.25, 0.3) is 0 Å². The van der Waals surface area contributed by atoms with Gasteiger partial charge >= 0.3 is 0 Å². The minimum atomic E-state index is -0.102. The Morgan fingerprint density at radius 1 is 1.30 bits per heavy atom. The highest BCUT2D eigenvalue weighted by Crippen LogP contribution is 2.27. The molecule has 1 aromatic carbocycles. The Labute approximate surface area is 141 Å². The van der Waals surface area contributed by atoms with Crippen molar-refractivity contribution in [1.82, 2.24) is 15.5 Å². The van der Waals surface area contributed by atoms with Crippen molar-refractivity contribution in [3.05, 3.63) is 46.2 Å². The van der Waals surface area contributed by atoms with Gasteiger partial charge in [0, 0.05) is 11.1 Å². The van der Waals surface area contributed by atoms with E-state index in [1.54, 1.807) is 0 Å². The minimum Gasteiger partial charge on any atom is -0.322 e. The molecule has 124 valence electrons. The van der Waals surface area contributed by atoms with E-state index in [0.29, 0.717) is 10.9 Å². The van der Waals surface area contributed by atoms with E-state index in [2.05, 4.69) is 34.7 Å². The number of carbonyl (C=O) groups is 1. The molecule has 0 unspecified atom stereocenters. The van der Waals surface area contributed by atoms with Crippen molar-refractivity contribution in [2.75, 3.05) is 11.9 Å². The normalized spacial score (nSPS) is 12.4. The summed E-state index contributed by atoms with van der Waals surface area (Å²) in [5.41, 5.74) is 3.38. The number of aromatic amines is 1. The lowest BCUT2D eigenvalue weighted by Crippen LogP contribution is -2.34. The Hall–Kier alpha value is -1.85. The van der Waals surface area contributed by atoms with Crippen LogP contribution >= 0.6 is 11.6 Å². The first-order valence-electron chi connectivity index (χ1n) is 7.69. The van der Waals surface area contributed by atoms with E-state index in [1.165, 1.54) is 0 Å². The van der Waals surface area contributed by atoms with Gasteiger partial charge in [-0.25, -0.2) is 0 Å². The fraction of sp³-hybridized carbons (Fsp3) is 0.412. The van der Waals surface area contributed by atoms with E-state index < -0.39 is 0 Å². The van der Waals surface area contributed by atoms with Gasteiger partial charge in [-0.15, -0.1) is 0 Å². The van der Waals surface area contributed by atoms with Crippen LogP contribution < -0.4 is 10.6 Å². The molecule has 0 saturated carbocycles. The van der Waals surface area contributed by atoms with Gasteiger partial charge in [-0.3, -0.25) is 9.89 Å². The number of benzene rings is 1. The third-order valence-electron chi connectivity index (χ3n) is 3.78. The predicted octanol–water partition coefficient (Wildman–Crippen LogP) is 3.61. The van der Waals surface area contributed by atoms with Crippen LogP contribution in [0.2, 0.25) is 5.02 Å². The number of aromatic nitrogens is 2. The van der Waals surface area contributed by atoms with Gasteiger partial charge in [0.1, 0.15) is 0 Å². The number of anilines is 1. The van der Waals surface area contributed by atoms with Crippen molar-refractivity contribution in [2.45, 2.75) is 33.7 Å². The van der Waals surface area contributed by atoms with E-state index in [4.69, 9.17) is 11.6 Å². The second-order valence-corrected chi connectivity index (χ2v) is 6.39. The standard InChI is InChI=1S/C17H23ClN4O/c1-10(2)16(13-7-5-6-8-14(13)18)19-9-15(23)20-17-11(3)21-22-12(17)4/h5-8,10,16,19H,9H2,1-4H3,(H,20,23)(H,21,22)/t16-/m0/s1. The minimum absolute atomic E-state index is 0.0148. The van der Waals surface area contributed by atoms with Crippen LogP contribution in [0.25, 0.3) is 0 Å². The number of amides is 1. The average molecular weight is 335 g/mol. The third kappa shape index (κ3) is 4.33. The first-order chi connectivity index (χ1) is 10.9. The topological polar surface area (TPSA) is 69.8 Å². The van der Waals surface area contributed by atoms with E-state index in [-0.39, 0.29) is 18.5 Å². The van der Waals surface area contributed by atoms with Gasteiger partial charge in [-0.05, 0) is 31.4 Å². The number of halogens is 1. The Balaban J connectivity index is 2.02. The van der Waals surface area contributed by atoms with E-state index >= 15 is 0 Å². The summed E-state index contributed by atoms with van der Waals surface area (Å²) in [6, 6.07) is 7.73. The zero-order chi connectivity index (χ0) is 17.0. The summed E-state index contributed by atoms with van der Waals surface area (Å²) in [6.45, 7) is 8.14. The van der Waals surface area contributed by atoms with E-state index in [0.717, 1.165) is 22.6 Å². The highest BCUT2D eigenvalue weighted by Gasteiger charge is 2.19. The zero-order valence-electron chi connectivity index (χ0n) is 13.9. The van der Waals surface area contributed by atoms with Crippen LogP contribution in [0.4, 0.5) is 5.69 Å². The van der Waals surface area contributed by atoms with Crippen molar-refractivity contribution in [3.63, 3.8) is 0 Å². The fourth-order valence-corrected chi connectivity index (χ4v) is 2.81. The van der Waals surface area contributed by atoms with Gasteiger partial charge in [0.05, 0.1) is 23.6 Å². The van der Waals surface area contributed by atoms with Crippen molar-refractivity contribution in [2.24, 2.45) is 5.92 Å². The van der Waals surface area contributed by atoms with Crippen LogP contribution in [0.5, 0.6) is 0 Å². The highest BCUT2D eigenvalue weighted by molar-refractivity contribution is 6.31. The lowest BCUT2D eigenvalue weighted by atomic mass is 9.96. The molecule has 0 radical (unpaired) electrons. The van der Waals surface area contributed by atoms with Crippen LogP contribution in [0.3, 0.4) is 0 Å². The quantitative estimate of drug-likeness (QED) is 0.756. The lowest BCUT2D eigenvalue weighted by Gasteiger charge is -2.23. The van der Waals surface area contributed by atoms with Gasteiger partial charge in [0.15, 0.2) is 0 Å². The van der Waals surface area contributed by atoms with Crippen LogP contribution in [-0.2, 0) is 4.79 Å². The first-order valence-corrected chi connectivity index (χ1v) is 8.07. The Morgan fingerprint density at radius 2 is 2.00 bits per heavy atom. The molecular formula is C17H23ClN4O. The molecule has 6 heteroatoms. The molecule has 2 rings (SSSR count). The van der Waals surface area contributed by atoms with Crippen molar-refractivity contribution < 1.29 is 4.79 Å². The molecule has 5 nitrogen and oxygen atoms in total. The summed E-state index contributed by atoms with van der Waals surface area (Å²) in [6.07, 6.45) is 0. The van der Waals surface area contributed by atoms with Crippen LogP contribution in [0, 0.1) is 19.8 Å². The number of rotatable bonds is 6. The summed E-state index contributed by atoms with van der Waals surface area (Å²) in [5.74, 6) is 0.204. The molecule has 23 heavy (non-hydrogen) atoms. The van der Waals surface area contributed by atoms with Crippen LogP contribution in [0.15, 0.2) is 24.3 Å². The van der Waals surface area contributed by atoms with Gasteiger partial charge in [-0.1, -0.05) is 43.6 Å². The Morgan fingerprint density at radius 3 is 2.57 bits per heavy atom. The summed E-state index contributed by atoms with van der Waals surface area (Å²) < 4.78 is 0. The average Bonchev–Trinajstić information content (AvgIpc) is 2.81. The summed E-state index contributed by atoms with van der Waals surface area (Å²) >= 11 is 6.28. The summed E-state index contributed by atoms with van der Waals surface area (Å²) in [4.78, 5) is 12.2. The maximum absolute atomic E-state index is 12.2. The summed E-state index contributed by atoms with van der Waals surface area (Å²) in [5, 5.41) is 13.8. The molecule has 0 spiro atoms. The highest BCUT2D eigenvalue weighted by atomic mass is 35.5. The largest absolute Gasteiger partial charge is 0.322 e. The van der Waals surface area contributed by atoms with Crippen LogP contribution in [-0.4, -0.2) is 22.6 Å². The van der Waals surface area contributed by atoms with E-state index in [9.17, 15) is 4.79 Å². The number of nitrogens with one attached hydrogen (secondary N) is 3. The molecule has 0 saturated heterocycles. The molecule has 2 aromatic rings. The number of hydrogen-bond donors (Lipinski definition) is 3. The molecule has 0 aliphatic rings. The molecule has 0 fully saturated rings. The number of hydrogen-bond acceptors (Lipinski definition) is 3. The maximum Gasteiger partial charge on any atom is 0.238 e. The number of nitrogens with zero attached hydrogens (tertiary/aromatic N) is 1. The Bertz CT molecular complexity index is 661. The van der Waals surface area contributed by atoms with Crippen molar-refractivity contribution >= 4 is 23.2 Å². The second kappa shape index (κ2) is 7.62. The van der Waals surface area contributed by atoms with E-state index in [1.807, 2.05) is 38.1 Å². The molecule has 3 N–H and O–H groups in total. The van der Waals surface area contributed by atoms with Crippen LogP contribution in [0.1, 0.15) is 36.8 Å². The zero-order valence-corrected chi connectivity index (χ0v) is 14.7. The fourth-order valence-electron chi connectivity index (χ4n) is 2.55. The lowest BCUT2D eigenvalue weighted by molar-refractivity contribution is -0.115. The number of carbonyl (C=O) groups excluding carboxylic acids is 1. The number of H-pyrrole nitrogens is 1. The Kier molecular flexibility index (Phi) is 5.80. The first kappa shape index (κ1) is 17.5. The SMILES string of the molecule is Cc1n[nH]c(C)c1NC(=O)CN[C@H](c1ccccc1Cl)C(C)C. The molecule has 0 bridgehead atoms. The number of aryl methyl sites for hydroxylation is 2.